The van der Waals surface area contributed by atoms with Gasteiger partial charge in [-0.1, -0.05) is 23.8 Å². The topological polar surface area (TPSA) is 48.2 Å². The van der Waals surface area contributed by atoms with Gasteiger partial charge in [0, 0.05) is 5.56 Å². The van der Waals surface area contributed by atoms with Gasteiger partial charge < -0.3 is 9.15 Å². The molecule has 4 nitrogen and oxygen atoms in total. The zero-order valence-corrected chi connectivity index (χ0v) is 13.8. The zero-order chi connectivity index (χ0) is 16.4. The zero-order valence-electron chi connectivity index (χ0n) is 13.8. The van der Waals surface area contributed by atoms with E-state index >= 15 is 0 Å². The molecule has 3 rings (SSSR count). The first-order valence-corrected chi connectivity index (χ1v) is 7.66. The first-order chi connectivity index (χ1) is 11.0. The Hall–Kier alpha value is -2.62. The lowest BCUT2D eigenvalue weighted by Crippen LogP contribution is -2.03. The Kier molecular flexibility index (Phi) is 4.15. The van der Waals surface area contributed by atoms with Gasteiger partial charge in [0.05, 0.1) is 0 Å². The van der Waals surface area contributed by atoms with Gasteiger partial charge in [-0.3, -0.25) is 0 Å². The summed E-state index contributed by atoms with van der Waals surface area (Å²) in [7, 11) is 0. The highest BCUT2D eigenvalue weighted by molar-refractivity contribution is 5.52. The van der Waals surface area contributed by atoms with Crippen LogP contribution >= 0.6 is 0 Å². The average Bonchev–Trinajstić information content (AvgIpc) is 2.97. The molecule has 0 amide bonds. The quantitative estimate of drug-likeness (QED) is 0.694. The number of hydrogen-bond acceptors (Lipinski definition) is 4. The summed E-state index contributed by atoms with van der Waals surface area (Å²) in [5, 5.41) is 8.23. The van der Waals surface area contributed by atoms with Gasteiger partial charge in [-0.25, -0.2) is 0 Å². The maximum atomic E-state index is 5.93. The molecular weight excluding hydrogens is 288 g/mol. The molecule has 23 heavy (non-hydrogen) atoms. The van der Waals surface area contributed by atoms with E-state index in [9.17, 15) is 0 Å². The van der Waals surface area contributed by atoms with Crippen molar-refractivity contribution in [3.63, 3.8) is 0 Å². The molecule has 0 spiro atoms. The minimum Gasteiger partial charge on any atom is -0.481 e. The highest BCUT2D eigenvalue weighted by Crippen LogP contribution is 2.25. The van der Waals surface area contributed by atoms with Crippen LogP contribution < -0.4 is 4.74 Å². The molecule has 1 aromatic heterocycles. The lowest BCUT2D eigenvalue weighted by molar-refractivity contribution is 0.189. The number of rotatable bonds is 4. The fourth-order valence-electron chi connectivity index (χ4n) is 2.47. The third kappa shape index (κ3) is 3.59. The Labute approximate surface area is 136 Å². The highest BCUT2D eigenvalue weighted by Gasteiger charge is 2.16. The Bertz CT molecular complexity index is 786. The Balaban J connectivity index is 1.78. The van der Waals surface area contributed by atoms with Crippen LogP contribution in [0, 0.1) is 20.8 Å². The predicted octanol–water partition coefficient (Wildman–Crippen LogP) is 4.80. The lowest BCUT2D eigenvalue weighted by atomic mass is 10.1. The highest BCUT2D eigenvalue weighted by atomic mass is 16.5. The molecule has 1 unspecified atom stereocenters. The van der Waals surface area contributed by atoms with Gasteiger partial charge in [0.1, 0.15) is 5.75 Å². The van der Waals surface area contributed by atoms with Crippen LogP contribution in [0.25, 0.3) is 11.5 Å². The number of aryl methyl sites for hydroxylation is 3. The lowest BCUT2D eigenvalue weighted by Gasteiger charge is -2.12. The third-order valence-corrected chi connectivity index (χ3v) is 3.59. The number of aromatic nitrogens is 2. The van der Waals surface area contributed by atoms with Crippen LogP contribution in [0.15, 0.2) is 46.9 Å². The minimum absolute atomic E-state index is 0.303. The maximum absolute atomic E-state index is 5.93. The molecule has 0 aliphatic carbocycles. The summed E-state index contributed by atoms with van der Waals surface area (Å²) in [6.07, 6.45) is -0.303. The van der Waals surface area contributed by atoms with Crippen molar-refractivity contribution in [1.29, 1.82) is 0 Å². The van der Waals surface area contributed by atoms with Gasteiger partial charge >= 0.3 is 0 Å². The molecule has 0 radical (unpaired) electrons. The summed E-state index contributed by atoms with van der Waals surface area (Å²) in [4.78, 5) is 0. The molecule has 0 N–H and O–H groups in total. The van der Waals surface area contributed by atoms with Crippen molar-refractivity contribution >= 4 is 0 Å². The largest absolute Gasteiger partial charge is 0.481 e. The van der Waals surface area contributed by atoms with Crippen LogP contribution in [-0.4, -0.2) is 10.2 Å². The third-order valence-electron chi connectivity index (χ3n) is 3.59. The van der Waals surface area contributed by atoms with E-state index < -0.39 is 0 Å². The molecule has 2 aromatic carbocycles. The van der Waals surface area contributed by atoms with Crippen LogP contribution in [0.2, 0.25) is 0 Å². The van der Waals surface area contributed by atoms with E-state index in [1.165, 1.54) is 5.56 Å². The summed E-state index contributed by atoms with van der Waals surface area (Å²) < 4.78 is 11.7. The number of hydrogen-bond donors (Lipinski definition) is 0. The standard InChI is InChI=1S/C19H20N2O2/c1-12-5-7-16(8-6-12)19-21-20-18(23-19)15(4)22-17-10-13(2)9-14(3)11-17/h5-11,15H,1-4H3. The van der Waals surface area contributed by atoms with E-state index in [0.29, 0.717) is 11.8 Å². The summed E-state index contributed by atoms with van der Waals surface area (Å²) in [5.41, 5.74) is 4.43. The predicted molar refractivity (Wildman–Crippen MR) is 89.4 cm³/mol. The van der Waals surface area contributed by atoms with Crippen LogP contribution in [-0.2, 0) is 0 Å². The summed E-state index contributed by atoms with van der Waals surface area (Å²) in [5.74, 6) is 1.79. The first kappa shape index (κ1) is 15.3. The Morgan fingerprint density at radius 1 is 0.870 bits per heavy atom. The van der Waals surface area contributed by atoms with E-state index in [4.69, 9.17) is 9.15 Å². The molecule has 0 fully saturated rings. The number of benzene rings is 2. The number of ether oxygens (including phenoxy) is 1. The molecular formula is C19H20N2O2. The molecule has 0 saturated heterocycles. The average molecular weight is 308 g/mol. The van der Waals surface area contributed by atoms with Crippen molar-refractivity contribution in [2.45, 2.75) is 33.8 Å². The van der Waals surface area contributed by atoms with Crippen molar-refractivity contribution in [2.24, 2.45) is 0 Å². The molecule has 3 aromatic rings. The van der Waals surface area contributed by atoms with Gasteiger partial charge in [-0.2, -0.15) is 0 Å². The monoisotopic (exact) mass is 308 g/mol. The van der Waals surface area contributed by atoms with Crippen LogP contribution in [0.1, 0.15) is 35.6 Å². The van der Waals surface area contributed by atoms with E-state index in [2.05, 4.69) is 16.3 Å². The van der Waals surface area contributed by atoms with Crippen molar-refractivity contribution < 1.29 is 9.15 Å². The van der Waals surface area contributed by atoms with Crippen molar-refractivity contribution in [1.82, 2.24) is 10.2 Å². The van der Waals surface area contributed by atoms with Gasteiger partial charge in [-0.05, 0) is 63.1 Å². The molecule has 0 bridgehead atoms. The second-order valence-corrected chi connectivity index (χ2v) is 5.89. The van der Waals surface area contributed by atoms with Gasteiger partial charge in [0.2, 0.25) is 5.89 Å². The van der Waals surface area contributed by atoms with Gasteiger partial charge in [-0.15, -0.1) is 10.2 Å². The first-order valence-electron chi connectivity index (χ1n) is 7.66. The van der Waals surface area contributed by atoms with Crippen LogP contribution in [0.3, 0.4) is 0 Å². The van der Waals surface area contributed by atoms with Gasteiger partial charge in [0.15, 0.2) is 6.10 Å². The van der Waals surface area contributed by atoms with Gasteiger partial charge in [0.25, 0.3) is 5.89 Å². The van der Waals surface area contributed by atoms with E-state index in [1.54, 1.807) is 0 Å². The molecule has 118 valence electrons. The smallest absolute Gasteiger partial charge is 0.257 e. The fourth-order valence-corrected chi connectivity index (χ4v) is 2.47. The molecule has 0 aliphatic rings. The van der Waals surface area contributed by atoms with Crippen LogP contribution in [0.4, 0.5) is 0 Å². The fraction of sp³-hybridized carbons (Fsp3) is 0.263. The van der Waals surface area contributed by atoms with Crippen molar-refractivity contribution in [3.05, 3.63) is 65.0 Å². The second kappa shape index (κ2) is 6.24. The molecule has 1 atom stereocenters. The van der Waals surface area contributed by atoms with E-state index in [-0.39, 0.29) is 6.10 Å². The van der Waals surface area contributed by atoms with E-state index in [0.717, 1.165) is 22.4 Å². The van der Waals surface area contributed by atoms with E-state index in [1.807, 2.05) is 64.1 Å². The normalized spacial score (nSPS) is 12.2. The second-order valence-electron chi connectivity index (χ2n) is 5.89. The minimum atomic E-state index is -0.303. The molecule has 1 heterocycles. The Morgan fingerprint density at radius 3 is 2.17 bits per heavy atom. The number of nitrogens with zero attached hydrogens (tertiary/aromatic N) is 2. The summed E-state index contributed by atoms with van der Waals surface area (Å²) in [6.45, 7) is 8.05. The molecule has 4 heteroatoms. The molecule has 0 saturated carbocycles. The maximum Gasteiger partial charge on any atom is 0.257 e. The summed E-state index contributed by atoms with van der Waals surface area (Å²) >= 11 is 0. The van der Waals surface area contributed by atoms with Crippen molar-refractivity contribution in [3.8, 4) is 17.2 Å². The van der Waals surface area contributed by atoms with Crippen molar-refractivity contribution in [2.75, 3.05) is 0 Å². The SMILES string of the molecule is Cc1ccc(-c2nnc(C(C)Oc3cc(C)cc(C)c3)o2)cc1. The molecule has 0 aliphatic heterocycles. The summed E-state index contributed by atoms with van der Waals surface area (Å²) in [6, 6.07) is 14.1. The Morgan fingerprint density at radius 2 is 1.52 bits per heavy atom. The van der Waals surface area contributed by atoms with Crippen LogP contribution in [0.5, 0.6) is 5.75 Å².